The van der Waals surface area contributed by atoms with Gasteiger partial charge in [0.1, 0.15) is 6.29 Å². The molecule has 0 unspecified atom stereocenters. The van der Waals surface area contributed by atoms with Crippen molar-refractivity contribution in [2.45, 2.75) is 25.7 Å². The summed E-state index contributed by atoms with van der Waals surface area (Å²) in [6.45, 7) is 6.79. The molecule has 2 rings (SSSR count). The molecule has 1 heterocycles. The van der Waals surface area contributed by atoms with Gasteiger partial charge in [0.05, 0.1) is 13.2 Å². The SMILES string of the molecule is C[C@H](COCCN1CCC(C=O)CC1)c1ccccc1. The van der Waals surface area contributed by atoms with E-state index in [4.69, 9.17) is 4.74 Å². The minimum absolute atomic E-state index is 0.283. The Labute approximate surface area is 121 Å². The molecule has 0 N–H and O–H groups in total. The Kier molecular flexibility index (Phi) is 6.22. The Bertz CT molecular complexity index is 385. The van der Waals surface area contributed by atoms with Crippen LogP contribution in [0.4, 0.5) is 0 Å². The molecule has 1 fully saturated rings. The van der Waals surface area contributed by atoms with E-state index < -0.39 is 0 Å². The maximum atomic E-state index is 10.7. The molecule has 1 aromatic carbocycles. The lowest BCUT2D eigenvalue weighted by molar-refractivity contribution is -0.112. The predicted molar refractivity (Wildman–Crippen MR) is 80.9 cm³/mol. The number of hydrogen-bond donors (Lipinski definition) is 0. The van der Waals surface area contributed by atoms with E-state index in [2.05, 4.69) is 36.1 Å². The highest BCUT2D eigenvalue weighted by atomic mass is 16.5. The van der Waals surface area contributed by atoms with Crippen LogP contribution in [0.15, 0.2) is 30.3 Å². The number of carbonyl (C=O) groups is 1. The van der Waals surface area contributed by atoms with Gasteiger partial charge in [-0.05, 0) is 31.5 Å². The van der Waals surface area contributed by atoms with E-state index in [1.165, 1.54) is 5.56 Å². The number of ether oxygens (including phenoxy) is 1. The first kappa shape index (κ1) is 15.2. The molecule has 1 aliphatic heterocycles. The largest absolute Gasteiger partial charge is 0.379 e. The smallest absolute Gasteiger partial charge is 0.123 e. The third kappa shape index (κ3) is 4.73. The van der Waals surface area contributed by atoms with E-state index in [1.54, 1.807) is 0 Å². The van der Waals surface area contributed by atoms with E-state index in [1.807, 2.05) is 6.07 Å². The highest BCUT2D eigenvalue weighted by Crippen LogP contribution is 2.16. The first-order valence-corrected chi connectivity index (χ1v) is 7.60. The second-order valence-corrected chi connectivity index (χ2v) is 5.70. The van der Waals surface area contributed by atoms with E-state index in [0.717, 1.165) is 52.0 Å². The lowest BCUT2D eigenvalue weighted by Gasteiger charge is -2.29. The number of likely N-dealkylation sites (tertiary alicyclic amines) is 1. The number of piperidine rings is 1. The van der Waals surface area contributed by atoms with Crippen molar-refractivity contribution in [3.63, 3.8) is 0 Å². The Morgan fingerprint density at radius 3 is 2.65 bits per heavy atom. The van der Waals surface area contributed by atoms with E-state index in [9.17, 15) is 4.79 Å². The highest BCUT2D eigenvalue weighted by molar-refractivity contribution is 5.53. The third-order valence-electron chi connectivity index (χ3n) is 4.11. The fraction of sp³-hybridized carbons (Fsp3) is 0.588. The Hall–Kier alpha value is -1.19. The zero-order valence-corrected chi connectivity index (χ0v) is 12.3. The van der Waals surface area contributed by atoms with Crippen molar-refractivity contribution in [2.75, 3.05) is 32.8 Å². The van der Waals surface area contributed by atoms with Crippen molar-refractivity contribution in [3.8, 4) is 0 Å². The van der Waals surface area contributed by atoms with Crippen LogP contribution in [-0.2, 0) is 9.53 Å². The molecule has 20 heavy (non-hydrogen) atoms. The first-order chi connectivity index (χ1) is 9.79. The Balaban J connectivity index is 1.59. The Morgan fingerprint density at radius 2 is 2.00 bits per heavy atom. The summed E-state index contributed by atoms with van der Waals surface area (Å²) in [6, 6.07) is 10.5. The number of carbonyl (C=O) groups excluding carboxylic acids is 1. The maximum Gasteiger partial charge on any atom is 0.123 e. The standard InChI is InChI=1S/C17H25NO2/c1-15(17-5-3-2-4-6-17)14-20-12-11-18-9-7-16(13-19)8-10-18/h2-6,13,15-16H,7-12,14H2,1H3/t15-/m1/s1. The molecule has 0 saturated carbocycles. The molecule has 0 aromatic heterocycles. The minimum atomic E-state index is 0.283. The van der Waals surface area contributed by atoms with E-state index >= 15 is 0 Å². The van der Waals surface area contributed by atoms with Gasteiger partial charge >= 0.3 is 0 Å². The number of hydrogen-bond acceptors (Lipinski definition) is 3. The van der Waals surface area contributed by atoms with E-state index in [0.29, 0.717) is 5.92 Å². The maximum absolute atomic E-state index is 10.7. The van der Waals surface area contributed by atoms with Crippen LogP contribution in [0.3, 0.4) is 0 Å². The molecule has 1 aromatic rings. The minimum Gasteiger partial charge on any atom is -0.379 e. The summed E-state index contributed by atoms with van der Waals surface area (Å²) in [7, 11) is 0. The lowest BCUT2D eigenvalue weighted by Crippen LogP contribution is -2.36. The summed E-state index contributed by atoms with van der Waals surface area (Å²) in [5, 5.41) is 0. The van der Waals surface area contributed by atoms with Gasteiger partial charge < -0.3 is 14.4 Å². The van der Waals surface area contributed by atoms with Crippen molar-refractivity contribution < 1.29 is 9.53 Å². The first-order valence-electron chi connectivity index (χ1n) is 7.60. The van der Waals surface area contributed by atoms with Gasteiger partial charge in [-0.15, -0.1) is 0 Å². The fourth-order valence-electron chi connectivity index (χ4n) is 2.64. The number of rotatable bonds is 7. The van der Waals surface area contributed by atoms with Gasteiger partial charge in [-0.3, -0.25) is 0 Å². The number of nitrogens with zero attached hydrogens (tertiary/aromatic N) is 1. The van der Waals surface area contributed by atoms with Crippen molar-refractivity contribution in [1.82, 2.24) is 4.90 Å². The Morgan fingerprint density at radius 1 is 1.30 bits per heavy atom. The summed E-state index contributed by atoms with van der Waals surface area (Å²) in [6.07, 6.45) is 3.11. The molecular formula is C17H25NO2. The van der Waals surface area contributed by atoms with Gasteiger partial charge in [0.15, 0.2) is 0 Å². The normalized spacial score (nSPS) is 18.9. The molecule has 3 nitrogen and oxygen atoms in total. The molecule has 0 spiro atoms. The van der Waals surface area contributed by atoms with Crippen LogP contribution in [0, 0.1) is 5.92 Å². The van der Waals surface area contributed by atoms with Gasteiger partial charge in [-0.2, -0.15) is 0 Å². The van der Waals surface area contributed by atoms with Gasteiger partial charge in [0.2, 0.25) is 0 Å². The zero-order valence-electron chi connectivity index (χ0n) is 12.3. The van der Waals surface area contributed by atoms with Crippen LogP contribution in [0.5, 0.6) is 0 Å². The zero-order chi connectivity index (χ0) is 14.2. The summed E-state index contributed by atoms with van der Waals surface area (Å²) in [5.74, 6) is 0.724. The molecule has 1 atom stereocenters. The molecule has 0 amide bonds. The van der Waals surface area contributed by atoms with Gasteiger partial charge in [-0.25, -0.2) is 0 Å². The molecule has 110 valence electrons. The molecular weight excluding hydrogens is 250 g/mol. The van der Waals surface area contributed by atoms with Crippen LogP contribution in [0.25, 0.3) is 0 Å². The summed E-state index contributed by atoms with van der Waals surface area (Å²) in [5.41, 5.74) is 1.33. The van der Waals surface area contributed by atoms with Crippen molar-refractivity contribution in [3.05, 3.63) is 35.9 Å². The monoisotopic (exact) mass is 275 g/mol. The third-order valence-corrected chi connectivity index (χ3v) is 4.11. The van der Waals surface area contributed by atoms with Crippen LogP contribution in [0.2, 0.25) is 0 Å². The van der Waals surface area contributed by atoms with Gasteiger partial charge in [0, 0.05) is 18.4 Å². The number of aldehydes is 1. The number of benzene rings is 1. The summed E-state index contributed by atoms with van der Waals surface area (Å²) in [4.78, 5) is 13.1. The molecule has 0 aliphatic carbocycles. The second kappa shape index (κ2) is 8.18. The average molecular weight is 275 g/mol. The molecule has 1 aliphatic rings. The van der Waals surface area contributed by atoms with Crippen LogP contribution in [-0.4, -0.2) is 44.0 Å². The quantitative estimate of drug-likeness (QED) is 0.566. The molecule has 1 saturated heterocycles. The fourth-order valence-corrected chi connectivity index (χ4v) is 2.64. The van der Waals surface area contributed by atoms with Gasteiger partial charge in [0.25, 0.3) is 0 Å². The van der Waals surface area contributed by atoms with Crippen LogP contribution < -0.4 is 0 Å². The lowest BCUT2D eigenvalue weighted by atomic mass is 9.99. The second-order valence-electron chi connectivity index (χ2n) is 5.70. The summed E-state index contributed by atoms with van der Waals surface area (Å²) >= 11 is 0. The van der Waals surface area contributed by atoms with Crippen LogP contribution >= 0.6 is 0 Å². The average Bonchev–Trinajstić information content (AvgIpc) is 2.53. The highest BCUT2D eigenvalue weighted by Gasteiger charge is 2.17. The van der Waals surface area contributed by atoms with Crippen molar-refractivity contribution in [1.29, 1.82) is 0 Å². The van der Waals surface area contributed by atoms with Crippen LogP contribution in [0.1, 0.15) is 31.2 Å². The summed E-state index contributed by atoms with van der Waals surface area (Å²) < 4.78 is 5.79. The molecule has 0 bridgehead atoms. The molecule has 0 radical (unpaired) electrons. The van der Waals surface area contributed by atoms with Crippen molar-refractivity contribution >= 4 is 6.29 Å². The van der Waals surface area contributed by atoms with Crippen molar-refractivity contribution in [2.24, 2.45) is 5.92 Å². The molecule has 3 heteroatoms. The van der Waals surface area contributed by atoms with Gasteiger partial charge in [-0.1, -0.05) is 37.3 Å². The van der Waals surface area contributed by atoms with E-state index in [-0.39, 0.29) is 5.92 Å². The predicted octanol–water partition coefficient (Wildman–Crippen LogP) is 2.72. The topological polar surface area (TPSA) is 29.5 Å².